The zero-order valence-corrected chi connectivity index (χ0v) is 6.20. The summed E-state index contributed by atoms with van der Waals surface area (Å²) in [6, 6.07) is 0. The van der Waals surface area contributed by atoms with Crippen LogP contribution >= 0.6 is 11.6 Å². The molecule has 0 aromatic carbocycles. The molecule has 0 aliphatic rings. The van der Waals surface area contributed by atoms with Crippen molar-refractivity contribution in [2.75, 3.05) is 0 Å². The average molecular weight is 135 g/mol. The van der Waals surface area contributed by atoms with Gasteiger partial charge in [-0.05, 0) is 20.8 Å². The van der Waals surface area contributed by atoms with Crippen LogP contribution in [0.3, 0.4) is 0 Å². The summed E-state index contributed by atoms with van der Waals surface area (Å²) in [6.45, 7) is 5.75. The molecule has 0 unspecified atom stereocenters. The molecule has 8 heavy (non-hydrogen) atoms. The third-order valence-electron chi connectivity index (χ3n) is 0.575. The smallest absolute Gasteiger partial charge is 0.104 e. The van der Waals surface area contributed by atoms with E-state index in [9.17, 15) is 0 Å². The summed E-state index contributed by atoms with van der Waals surface area (Å²) < 4.78 is 5.13. The van der Waals surface area contributed by atoms with E-state index in [0.29, 0.717) is 0 Å². The molecule has 0 bridgehead atoms. The number of halogens is 1. The SMILES string of the molecule is CC(=CCl)OC(C)C. The number of hydrogen-bond donors (Lipinski definition) is 0. The molecule has 0 fully saturated rings. The van der Waals surface area contributed by atoms with E-state index >= 15 is 0 Å². The number of hydrogen-bond acceptors (Lipinski definition) is 1. The van der Waals surface area contributed by atoms with E-state index in [0.717, 1.165) is 5.76 Å². The fourth-order valence-electron chi connectivity index (χ4n) is 0.398. The van der Waals surface area contributed by atoms with Crippen LogP contribution in [0.25, 0.3) is 0 Å². The molecular formula is C6H11ClO. The first-order valence-electron chi connectivity index (χ1n) is 2.60. The topological polar surface area (TPSA) is 9.23 Å². The van der Waals surface area contributed by atoms with Crippen molar-refractivity contribution in [2.24, 2.45) is 0 Å². The fourth-order valence-corrected chi connectivity index (χ4v) is 0.449. The van der Waals surface area contributed by atoms with Gasteiger partial charge in [0.15, 0.2) is 0 Å². The first-order valence-corrected chi connectivity index (χ1v) is 3.04. The van der Waals surface area contributed by atoms with Gasteiger partial charge in [-0.2, -0.15) is 0 Å². The Morgan fingerprint density at radius 2 is 2.12 bits per heavy atom. The molecule has 0 spiro atoms. The van der Waals surface area contributed by atoms with Crippen LogP contribution in [-0.2, 0) is 4.74 Å². The Morgan fingerprint density at radius 3 is 2.25 bits per heavy atom. The second kappa shape index (κ2) is 3.79. The fraction of sp³-hybridized carbons (Fsp3) is 0.667. The highest BCUT2D eigenvalue weighted by Crippen LogP contribution is 2.00. The summed E-state index contributed by atoms with van der Waals surface area (Å²) >= 11 is 5.31. The Labute approximate surface area is 55.3 Å². The van der Waals surface area contributed by atoms with Crippen molar-refractivity contribution < 1.29 is 4.74 Å². The van der Waals surface area contributed by atoms with Crippen LogP contribution in [0.5, 0.6) is 0 Å². The molecule has 0 aliphatic carbocycles. The number of ether oxygens (including phenoxy) is 1. The summed E-state index contributed by atoms with van der Waals surface area (Å²) in [5.74, 6) is 0.765. The van der Waals surface area contributed by atoms with Gasteiger partial charge in [0, 0.05) is 5.54 Å². The summed E-state index contributed by atoms with van der Waals surface area (Å²) in [7, 11) is 0. The molecule has 0 heterocycles. The third kappa shape index (κ3) is 4.00. The minimum Gasteiger partial charge on any atom is -0.495 e. The number of rotatable bonds is 2. The van der Waals surface area contributed by atoms with Gasteiger partial charge in [0.2, 0.25) is 0 Å². The van der Waals surface area contributed by atoms with Gasteiger partial charge < -0.3 is 4.74 Å². The van der Waals surface area contributed by atoms with Crippen LogP contribution in [0.4, 0.5) is 0 Å². The zero-order valence-electron chi connectivity index (χ0n) is 5.44. The average Bonchev–Trinajstić information content (AvgIpc) is 1.65. The van der Waals surface area contributed by atoms with Gasteiger partial charge in [0.25, 0.3) is 0 Å². The maximum absolute atomic E-state index is 5.31. The Kier molecular flexibility index (Phi) is 3.71. The molecule has 0 amide bonds. The van der Waals surface area contributed by atoms with Gasteiger partial charge >= 0.3 is 0 Å². The maximum Gasteiger partial charge on any atom is 0.104 e. The van der Waals surface area contributed by atoms with Gasteiger partial charge in [-0.25, -0.2) is 0 Å². The summed E-state index contributed by atoms with van der Waals surface area (Å²) in [4.78, 5) is 0. The van der Waals surface area contributed by atoms with Crippen LogP contribution in [-0.4, -0.2) is 6.10 Å². The second-order valence-corrected chi connectivity index (χ2v) is 2.10. The van der Waals surface area contributed by atoms with Gasteiger partial charge in [0.05, 0.1) is 6.10 Å². The van der Waals surface area contributed by atoms with Gasteiger partial charge in [-0.15, -0.1) is 0 Å². The summed E-state index contributed by atoms with van der Waals surface area (Å²) in [5, 5.41) is 0. The van der Waals surface area contributed by atoms with E-state index in [1.165, 1.54) is 5.54 Å². The molecule has 0 saturated heterocycles. The molecule has 0 aromatic rings. The lowest BCUT2D eigenvalue weighted by atomic mass is 10.5. The van der Waals surface area contributed by atoms with Crippen molar-refractivity contribution in [3.05, 3.63) is 11.3 Å². The highest BCUT2D eigenvalue weighted by molar-refractivity contribution is 6.25. The lowest BCUT2D eigenvalue weighted by molar-refractivity contribution is 0.150. The van der Waals surface area contributed by atoms with Crippen molar-refractivity contribution >= 4 is 11.6 Å². The Balaban J connectivity index is 3.39. The normalized spacial score (nSPS) is 12.4. The Bertz CT molecular complexity index is 86.5. The molecule has 0 aromatic heterocycles. The molecular weight excluding hydrogens is 124 g/mol. The third-order valence-corrected chi connectivity index (χ3v) is 0.883. The molecule has 0 radical (unpaired) electrons. The van der Waals surface area contributed by atoms with Gasteiger partial charge in [-0.1, -0.05) is 11.6 Å². The molecule has 2 heteroatoms. The first-order chi connectivity index (χ1) is 3.66. The van der Waals surface area contributed by atoms with Crippen molar-refractivity contribution in [2.45, 2.75) is 26.9 Å². The Morgan fingerprint density at radius 1 is 1.62 bits per heavy atom. The van der Waals surface area contributed by atoms with Crippen LogP contribution in [0.2, 0.25) is 0 Å². The van der Waals surface area contributed by atoms with Crippen molar-refractivity contribution in [3.8, 4) is 0 Å². The predicted molar refractivity (Wildman–Crippen MR) is 35.8 cm³/mol. The summed E-state index contributed by atoms with van der Waals surface area (Å²) in [6.07, 6.45) is 0.227. The molecule has 0 aliphatic heterocycles. The number of allylic oxidation sites excluding steroid dienone is 1. The van der Waals surface area contributed by atoms with Crippen LogP contribution in [0, 0.1) is 0 Å². The Hall–Kier alpha value is -0.170. The quantitative estimate of drug-likeness (QED) is 0.528. The van der Waals surface area contributed by atoms with E-state index in [4.69, 9.17) is 16.3 Å². The molecule has 0 rings (SSSR count). The van der Waals surface area contributed by atoms with Gasteiger partial charge in [-0.3, -0.25) is 0 Å². The largest absolute Gasteiger partial charge is 0.495 e. The lowest BCUT2D eigenvalue weighted by Crippen LogP contribution is -1.98. The predicted octanol–water partition coefficient (Wildman–Crippen LogP) is 2.51. The lowest BCUT2D eigenvalue weighted by Gasteiger charge is -2.07. The van der Waals surface area contributed by atoms with E-state index in [-0.39, 0.29) is 6.10 Å². The minimum absolute atomic E-state index is 0.227. The van der Waals surface area contributed by atoms with E-state index in [1.54, 1.807) is 0 Å². The van der Waals surface area contributed by atoms with Crippen LogP contribution in [0.15, 0.2) is 11.3 Å². The molecule has 0 saturated carbocycles. The van der Waals surface area contributed by atoms with Crippen molar-refractivity contribution in [3.63, 3.8) is 0 Å². The van der Waals surface area contributed by atoms with Crippen molar-refractivity contribution in [1.29, 1.82) is 0 Å². The monoisotopic (exact) mass is 134 g/mol. The van der Waals surface area contributed by atoms with Crippen LogP contribution in [0.1, 0.15) is 20.8 Å². The minimum atomic E-state index is 0.227. The molecule has 0 atom stereocenters. The van der Waals surface area contributed by atoms with E-state index in [2.05, 4.69) is 0 Å². The maximum atomic E-state index is 5.31. The molecule has 48 valence electrons. The van der Waals surface area contributed by atoms with E-state index in [1.807, 2.05) is 20.8 Å². The summed E-state index contributed by atoms with van der Waals surface area (Å²) in [5.41, 5.74) is 1.43. The molecule has 1 nitrogen and oxygen atoms in total. The standard InChI is InChI=1S/C6H11ClO/c1-5(2)8-6(3)4-7/h4-5H,1-3H3. The highest BCUT2D eigenvalue weighted by Gasteiger charge is 1.91. The highest BCUT2D eigenvalue weighted by atomic mass is 35.5. The molecule has 0 N–H and O–H groups in total. The van der Waals surface area contributed by atoms with E-state index < -0.39 is 0 Å². The van der Waals surface area contributed by atoms with Gasteiger partial charge in [0.1, 0.15) is 5.76 Å². The van der Waals surface area contributed by atoms with Crippen molar-refractivity contribution in [1.82, 2.24) is 0 Å². The zero-order chi connectivity index (χ0) is 6.57. The van der Waals surface area contributed by atoms with Crippen LogP contribution < -0.4 is 0 Å². The second-order valence-electron chi connectivity index (χ2n) is 1.89. The first kappa shape index (κ1) is 7.83.